The third kappa shape index (κ3) is 2.60. The Balaban J connectivity index is 0.000000640. The second-order valence-corrected chi connectivity index (χ2v) is 1.70. The minimum Gasteiger partial charge on any atom is -0.481 e. The molecule has 3 heteroatoms. The molecule has 0 radical (unpaired) electrons. The monoisotopic (exact) mass is 142 g/mol. The maximum atomic E-state index is 4.84. The summed E-state index contributed by atoms with van der Waals surface area (Å²) >= 11 is 0. The molecule has 0 saturated heterocycles. The van der Waals surface area contributed by atoms with Crippen LogP contribution in [0, 0.1) is 6.79 Å². The molecule has 1 heterocycles. The maximum Gasteiger partial charge on any atom is 0.332 e. The van der Waals surface area contributed by atoms with Crippen LogP contribution in [0.15, 0.2) is 11.8 Å². The van der Waals surface area contributed by atoms with Crippen molar-refractivity contribution in [1.29, 1.82) is 0 Å². The molecular weight excluding hydrogens is 131 g/mol. The van der Waals surface area contributed by atoms with Crippen LogP contribution in [0.25, 0.3) is 0 Å². The molecular formula is C6H11AlO2. The van der Waals surface area contributed by atoms with E-state index < -0.39 is 0 Å². The molecule has 50 valence electrons. The zero-order chi connectivity index (χ0) is 5.98. The first-order valence-corrected chi connectivity index (χ1v) is 2.46. The number of allylic oxidation sites excluding steroid dienone is 2. The number of hydrogen-bond donors (Lipinski definition) is 0. The van der Waals surface area contributed by atoms with Crippen molar-refractivity contribution >= 4 is 23.1 Å². The van der Waals surface area contributed by atoms with Crippen LogP contribution in [-0.2, 0) is 9.16 Å². The summed E-state index contributed by atoms with van der Waals surface area (Å²) in [7, 11) is 0. The van der Waals surface area contributed by atoms with Crippen molar-refractivity contribution in [3.05, 3.63) is 18.6 Å². The van der Waals surface area contributed by atoms with Crippen molar-refractivity contribution in [2.75, 3.05) is 0 Å². The molecule has 0 saturated carbocycles. The molecule has 0 aromatic rings. The molecule has 0 N–H and O–H groups in total. The lowest BCUT2D eigenvalue weighted by molar-refractivity contribution is -0.452. The summed E-state index contributed by atoms with van der Waals surface area (Å²) in [6.45, 7) is 5.08. The molecule has 2 nitrogen and oxygen atoms in total. The molecule has 0 aromatic heterocycles. The second kappa shape index (κ2) is 3.60. The van der Waals surface area contributed by atoms with E-state index in [0.717, 1.165) is 11.5 Å². The van der Waals surface area contributed by atoms with Gasteiger partial charge in [-0.25, -0.2) is 0 Å². The fraction of sp³-hybridized carbons (Fsp3) is 0.333. The first-order chi connectivity index (χ1) is 3.79. The van der Waals surface area contributed by atoms with E-state index in [1.165, 1.54) is 6.79 Å². The van der Waals surface area contributed by atoms with Crippen LogP contribution in [0.3, 0.4) is 0 Å². The van der Waals surface area contributed by atoms with Gasteiger partial charge in [-0.2, -0.15) is 0 Å². The van der Waals surface area contributed by atoms with E-state index >= 15 is 0 Å². The van der Waals surface area contributed by atoms with E-state index in [1.807, 2.05) is 19.9 Å². The van der Waals surface area contributed by atoms with Gasteiger partial charge in [0.05, 0.1) is 5.76 Å². The van der Waals surface area contributed by atoms with Crippen LogP contribution in [0.2, 0.25) is 0 Å². The fourth-order valence-corrected chi connectivity index (χ4v) is 0.530. The van der Waals surface area contributed by atoms with Gasteiger partial charge in [0.2, 0.25) is 0 Å². The molecule has 0 fully saturated rings. The predicted octanol–water partition coefficient (Wildman–Crippen LogP) is -0.0195. The van der Waals surface area contributed by atoms with Gasteiger partial charge in [-0.15, -0.1) is 0 Å². The Labute approximate surface area is 65.3 Å². The summed E-state index contributed by atoms with van der Waals surface area (Å²) in [5.74, 6) is 1.74. The van der Waals surface area contributed by atoms with Gasteiger partial charge in [-0.05, 0) is 19.9 Å². The molecule has 0 unspecified atom stereocenters. The molecule has 0 bridgehead atoms. The van der Waals surface area contributed by atoms with Crippen LogP contribution in [0.5, 0.6) is 0 Å². The maximum absolute atomic E-state index is 4.84. The number of ether oxygens (including phenoxy) is 1. The van der Waals surface area contributed by atoms with Gasteiger partial charge < -0.3 is 9.16 Å². The largest absolute Gasteiger partial charge is 0.481 e. The molecule has 0 aromatic carbocycles. The van der Waals surface area contributed by atoms with Gasteiger partial charge >= 0.3 is 6.79 Å². The van der Waals surface area contributed by atoms with Crippen molar-refractivity contribution in [2.24, 2.45) is 0 Å². The quantitative estimate of drug-likeness (QED) is 0.264. The fourth-order valence-electron chi connectivity index (χ4n) is 0.530. The van der Waals surface area contributed by atoms with Crippen LogP contribution < -0.4 is 0 Å². The Morgan fingerprint density at radius 3 is 2.56 bits per heavy atom. The van der Waals surface area contributed by atoms with E-state index in [0.29, 0.717) is 0 Å². The third-order valence-corrected chi connectivity index (χ3v) is 0.875. The summed E-state index contributed by atoms with van der Waals surface area (Å²) in [6.07, 6.45) is 1.83. The Morgan fingerprint density at radius 1 is 1.56 bits per heavy atom. The molecule has 1 aliphatic heterocycles. The van der Waals surface area contributed by atoms with E-state index in [2.05, 4.69) is 0 Å². The SMILES string of the molecule is CC1=CC(C)=[O+][CH-]O1.[AlH3]. The smallest absolute Gasteiger partial charge is 0.332 e. The highest BCUT2D eigenvalue weighted by atomic mass is 27.0. The first kappa shape index (κ1) is 8.61. The van der Waals surface area contributed by atoms with Gasteiger partial charge in [0.1, 0.15) is 0 Å². The third-order valence-electron chi connectivity index (χ3n) is 0.875. The molecule has 0 spiro atoms. The van der Waals surface area contributed by atoms with E-state index in [9.17, 15) is 0 Å². The summed E-state index contributed by atoms with van der Waals surface area (Å²) < 4.78 is 9.68. The zero-order valence-electron chi connectivity index (χ0n) is 4.97. The van der Waals surface area contributed by atoms with E-state index in [-0.39, 0.29) is 17.4 Å². The van der Waals surface area contributed by atoms with Crippen molar-refractivity contribution in [1.82, 2.24) is 0 Å². The van der Waals surface area contributed by atoms with Crippen LogP contribution in [0.4, 0.5) is 0 Å². The summed E-state index contributed by atoms with van der Waals surface area (Å²) in [5, 5.41) is 0. The standard InChI is InChI=1S/C6H8O2.Al.3H/c1-5-3-6(2)8-4-7-5;;;;/h3-4H,1-2H3;;;;. The summed E-state index contributed by atoms with van der Waals surface area (Å²) in [5.41, 5.74) is 0. The normalized spacial score (nSPS) is 15.8. The minimum atomic E-state index is 0. The summed E-state index contributed by atoms with van der Waals surface area (Å²) in [6, 6.07) is 0. The lowest BCUT2D eigenvalue weighted by Crippen LogP contribution is -2.00. The molecule has 0 amide bonds. The number of hydrogen-bond acceptors (Lipinski definition) is 1. The Kier molecular flexibility index (Phi) is 3.45. The van der Waals surface area contributed by atoms with E-state index in [1.54, 1.807) is 0 Å². The average molecular weight is 142 g/mol. The molecule has 1 rings (SSSR count). The predicted molar refractivity (Wildman–Crippen MR) is 39.8 cm³/mol. The van der Waals surface area contributed by atoms with Crippen LogP contribution >= 0.6 is 0 Å². The molecule has 1 aliphatic rings. The van der Waals surface area contributed by atoms with E-state index in [4.69, 9.17) is 9.16 Å². The molecule has 0 aliphatic carbocycles. The number of ketones is 1. The van der Waals surface area contributed by atoms with Crippen molar-refractivity contribution < 1.29 is 9.16 Å². The molecule has 0 atom stereocenters. The second-order valence-electron chi connectivity index (χ2n) is 1.70. The van der Waals surface area contributed by atoms with Crippen molar-refractivity contribution in [2.45, 2.75) is 13.8 Å². The highest BCUT2D eigenvalue weighted by Crippen LogP contribution is 2.01. The van der Waals surface area contributed by atoms with Gasteiger partial charge in [0.25, 0.3) is 0 Å². The Bertz CT molecular complexity index is 149. The molecule has 9 heavy (non-hydrogen) atoms. The lowest BCUT2D eigenvalue weighted by atomic mass is 10.4. The topological polar surface area (TPSA) is 20.5 Å². The average Bonchev–Trinajstić information content (AvgIpc) is 1.64. The van der Waals surface area contributed by atoms with Gasteiger partial charge in [-0.3, -0.25) is 0 Å². The first-order valence-electron chi connectivity index (χ1n) is 2.46. The van der Waals surface area contributed by atoms with Crippen LogP contribution in [-0.4, -0.2) is 23.1 Å². The lowest BCUT2D eigenvalue weighted by Gasteiger charge is -2.05. The summed E-state index contributed by atoms with van der Waals surface area (Å²) in [4.78, 5) is 0. The van der Waals surface area contributed by atoms with Gasteiger partial charge in [0.15, 0.2) is 23.1 Å². The van der Waals surface area contributed by atoms with Gasteiger partial charge in [0, 0.05) is 0 Å². The van der Waals surface area contributed by atoms with Crippen molar-refractivity contribution in [3.63, 3.8) is 0 Å². The van der Waals surface area contributed by atoms with Gasteiger partial charge in [-0.1, -0.05) is 0 Å². The van der Waals surface area contributed by atoms with Crippen molar-refractivity contribution in [3.8, 4) is 0 Å². The zero-order valence-corrected chi connectivity index (χ0v) is 4.97. The number of rotatable bonds is 0. The Morgan fingerprint density at radius 2 is 2.22 bits per heavy atom. The highest BCUT2D eigenvalue weighted by Gasteiger charge is 1.98. The number of carbonyl (C=O) groups excluding carboxylic acids is 1. The Hall–Kier alpha value is -0.388. The highest BCUT2D eigenvalue weighted by molar-refractivity contribution is 5.88. The minimum absolute atomic E-state index is 0. The van der Waals surface area contributed by atoms with Crippen LogP contribution in [0.1, 0.15) is 13.8 Å².